The number of nitrogens with one attached hydrogen (secondary N) is 1. The van der Waals surface area contributed by atoms with Gasteiger partial charge in [-0.05, 0) is 44.8 Å². The van der Waals surface area contributed by atoms with Crippen LogP contribution in [0.4, 0.5) is 5.69 Å². The van der Waals surface area contributed by atoms with Gasteiger partial charge < -0.3 is 15.1 Å². The number of halogens is 1. The average molecular weight is 370 g/mol. The number of anilines is 1. The van der Waals surface area contributed by atoms with E-state index in [9.17, 15) is 9.59 Å². The lowest BCUT2D eigenvalue weighted by Crippen LogP contribution is -2.37. The van der Waals surface area contributed by atoms with E-state index < -0.39 is 0 Å². The molecular weight excluding hydrogens is 346 g/mol. The summed E-state index contributed by atoms with van der Waals surface area (Å²) in [5.74, 6) is -0.0908. The number of carbonyl (C=O) groups excluding carboxylic acids is 2. The molecule has 0 radical (unpaired) electrons. The van der Waals surface area contributed by atoms with E-state index in [0.29, 0.717) is 19.5 Å². The van der Waals surface area contributed by atoms with E-state index in [1.165, 1.54) is 6.92 Å². The molecule has 122 valence electrons. The monoisotopic (exact) mass is 369 g/mol. The third kappa shape index (κ3) is 6.58. The number of nitrogens with zero attached hydrogens (tertiary/aromatic N) is 2. The van der Waals surface area contributed by atoms with Crippen LogP contribution in [0.2, 0.25) is 0 Å². The smallest absolute Gasteiger partial charge is 0.226 e. The van der Waals surface area contributed by atoms with Crippen LogP contribution < -0.4 is 5.32 Å². The third-order valence-corrected chi connectivity index (χ3v) is 4.20. The first-order valence-corrected chi connectivity index (χ1v) is 8.05. The van der Waals surface area contributed by atoms with Crippen LogP contribution >= 0.6 is 15.9 Å². The van der Waals surface area contributed by atoms with Crippen molar-refractivity contribution in [2.45, 2.75) is 20.3 Å². The third-order valence-electron chi connectivity index (χ3n) is 3.31. The lowest BCUT2D eigenvalue weighted by Gasteiger charge is -2.22. The first-order valence-electron chi connectivity index (χ1n) is 7.26. The van der Waals surface area contributed by atoms with Gasteiger partial charge in [-0.15, -0.1) is 0 Å². The van der Waals surface area contributed by atoms with Gasteiger partial charge in [0.1, 0.15) is 0 Å². The van der Waals surface area contributed by atoms with Crippen LogP contribution in [0, 0.1) is 6.92 Å². The van der Waals surface area contributed by atoms with Gasteiger partial charge in [-0.3, -0.25) is 9.59 Å². The highest BCUT2D eigenvalue weighted by molar-refractivity contribution is 9.10. The fraction of sp³-hybridized carbons (Fsp3) is 0.500. The van der Waals surface area contributed by atoms with Crippen LogP contribution in [0.3, 0.4) is 0 Å². The van der Waals surface area contributed by atoms with Gasteiger partial charge in [0.2, 0.25) is 11.8 Å². The van der Waals surface area contributed by atoms with Crippen molar-refractivity contribution in [1.82, 2.24) is 9.80 Å². The Morgan fingerprint density at radius 2 is 1.86 bits per heavy atom. The second kappa shape index (κ2) is 8.90. The molecule has 1 aromatic carbocycles. The van der Waals surface area contributed by atoms with Crippen LogP contribution in [0.15, 0.2) is 22.7 Å². The summed E-state index contributed by atoms with van der Waals surface area (Å²) in [6.45, 7) is 5.36. The van der Waals surface area contributed by atoms with Gasteiger partial charge in [0, 0.05) is 43.1 Å². The number of carbonyl (C=O) groups is 2. The maximum absolute atomic E-state index is 12.0. The van der Waals surface area contributed by atoms with Gasteiger partial charge in [0.15, 0.2) is 0 Å². The maximum atomic E-state index is 12.0. The summed E-state index contributed by atoms with van der Waals surface area (Å²) in [5.41, 5.74) is 1.84. The number of amides is 2. The van der Waals surface area contributed by atoms with Crippen LogP contribution in [0.1, 0.15) is 18.9 Å². The number of aryl methyl sites for hydroxylation is 1. The van der Waals surface area contributed by atoms with E-state index in [2.05, 4.69) is 21.2 Å². The van der Waals surface area contributed by atoms with Gasteiger partial charge in [-0.25, -0.2) is 0 Å². The standard InChI is InChI=1S/C16H24BrN3O2/c1-12-11-14(5-6-15(12)17)18-16(22)7-8-20(13(2)21)10-9-19(3)4/h5-6,11H,7-10H2,1-4H3,(H,18,22). The number of benzene rings is 1. The molecule has 0 saturated heterocycles. The Kier molecular flexibility index (Phi) is 7.55. The van der Waals surface area contributed by atoms with Gasteiger partial charge in [0.25, 0.3) is 0 Å². The van der Waals surface area contributed by atoms with E-state index in [-0.39, 0.29) is 11.8 Å². The number of likely N-dealkylation sites (N-methyl/N-ethyl adjacent to an activating group) is 1. The van der Waals surface area contributed by atoms with E-state index in [1.807, 2.05) is 44.1 Å². The maximum Gasteiger partial charge on any atom is 0.226 e. The summed E-state index contributed by atoms with van der Waals surface area (Å²) >= 11 is 3.43. The van der Waals surface area contributed by atoms with Crippen molar-refractivity contribution >= 4 is 33.4 Å². The molecule has 1 rings (SSSR count). The molecular formula is C16H24BrN3O2. The fourth-order valence-corrected chi connectivity index (χ4v) is 2.18. The highest BCUT2D eigenvalue weighted by Crippen LogP contribution is 2.20. The van der Waals surface area contributed by atoms with E-state index in [1.54, 1.807) is 4.90 Å². The van der Waals surface area contributed by atoms with Gasteiger partial charge in [-0.2, -0.15) is 0 Å². The minimum atomic E-state index is -0.0853. The molecule has 0 aliphatic carbocycles. The van der Waals surface area contributed by atoms with Crippen LogP contribution in [0.5, 0.6) is 0 Å². The van der Waals surface area contributed by atoms with Gasteiger partial charge in [-0.1, -0.05) is 15.9 Å². The van der Waals surface area contributed by atoms with Crippen molar-refractivity contribution in [3.05, 3.63) is 28.2 Å². The molecule has 0 spiro atoms. The molecule has 0 saturated carbocycles. The second-order valence-electron chi connectivity index (χ2n) is 5.57. The van der Waals surface area contributed by atoms with E-state index >= 15 is 0 Å². The molecule has 0 aliphatic heterocycles. The summed E-state index contributed by atoms with van der Waals surface area (Å²) in [5, 5.41) is 2.86. The van der Waals surface area contributed by atoms with Crippen molar-refractivity contribution in [2.75, 3.05) is 39.0 Å². The quantitative estimate of drug-likeness (QED) is 0.803. The van der Waals surface area contributed by atoms with E-state index in [0.717, 1.165) is 22.3 Å². The van der Waals surface area contributed by atoms with Crippen molar-refractivity contribution in [3.63, 3.8) is 0 Å². The molecule has 0 atom stereocenters. The zero-order valence-electron chi connectivity index (χ0n) is 13.6. The first-order chi connectivity index (χ1) is 10.3. The Morgan fingerprint density at radius 3 is 2.41 bits per heavy atom. The number of hydrogen-bond acceptors (Lipinski definition) is 3. The Hall–Kier alpha value is -1.40. The minimum Gasteiger partial charge on any atom is -0.341 e. The van der Waals surface area contributed by atoms with Crippen molar-refractivity contribution < 1.29 is 9.59 Å². The van der Waals surface area contributed by atoms with Crippen molar-refractivity contribution in [3.8, 4) is 0 Å². The molecule has 1 aromatic rings. The molecule has 22 heavy (non-hydrogen) atoms. The zero-order valence-corrected chi connectivity index (χ0v) is 15.2. The first kappa shape index (κ1) is 18.6. The largest absolute Gasteiger partial charge is 0.341 e. The van der Waals surface area contributed by atoms with Crippen LogP contribution in [-0.2, 0) is 9.59 Å². The Bertz CT molecular complexity index is 532. The molecule has 0 unspecified atom stereocenters. The highest BCUT2D eigenvalue weighted by atomic mass is 79.9. The van der Waals surface area contributed by atoms with Crippen LogP contribution in [0.25, 0.3) is 0 Å². The normalized spacial score (nSPS) is 10.6. The number of hydrogen-bond donors (Lipinski definition) is 1. The SMILES string of the molecule is CC(=O)N(CCC(=O)Nc1ccc(Br)c(C)c1)CCN(C)C. The second-order valence-corrected chi connectivity index (χ2v) is 6.43. The Labute approximate surface area is 140 Å². The van der Waals surface area contributed by atoms with Crippen molar-refractivity contribution in [1.29, 1.82) is 0 Å². The zero-order chi connectivity index (χ0) is 16.7. The average Bonchev–Trinajstić information content (AvgIpc) is 2.42. The van der Waals surface area contributed by atoms with Crippen molar-refractivity contribution in [2.24, 2.45) is 0 Å². The molecule has 0 aliphatic rings. The predicted octanol–water partition coefficient (Wildman–Crippen LogP) is 2.50. The fourth-order valence-electron chi connectivity index (χ4n) is 1.93. The summed E-state index contributed by atoms with van der Waals surface area (Å²) in [6.07, 6.45) is 0.294. The molecule has 6 heteroatoms. The van der Waals surface area contributed by atoms with Gasteiger partial charge >= 0.3 is 0 Å². The summed E-state index contributed by atoms with van der Waals surface area (Å²) in [4.78, 5) is 27.3. The highest BCUT2D eigenvalue weighted by Gasteiger charge is 2.11. The molecule has 5 nitrogen and oxygen atoms in total. The Morgan fingerprint density at radius 1 is 1.18 bits per heavy atom. The molecule has 0 fully saturated rings. The molecule has 1 N–H and O–H groups in total. The predicted molar refractivity (Wildman–Crippen MR) is 92.9 cm³/mol. The minimum absolute atomic E-state index is 0.00543. The molecule has 0 aromatic heterocycles. The van der Waals surface area contributed by atoms with E-state index in [4.69, 9.17) is 0 Å². The van der Waals surface area contributed by atoms with Gasteiger partial charge in [0.05, 0.1) is 0 Å². The summed E-state index contributed by atoms with van der Waals surface area (Å²) in [6, 6.07) is 5.67. The summed E-state index contributed by atoms with van der Waals surface area (Å²) in [7, 11) is 3.92. The molecule has 2 amide bonds. The lowest BCUT2D eigenvalue weighted by atomic mass is 10.2. The lowest BCUT2D eigenvalue weighted by molar-refractivity contribution is -0.129. The number of rotatable bonds is 7. The summed E-state index contributed by atoms with van der Waals surface area (Å²) < 4.78 is 1.01. The molecule has 0 heterocycles. The topological polar surface area (TPSA) is 52.7 Å². The molecule has 0 bridgehead atoms. The van der Waals surface area contributed by atoms with Crippen LogP contribution in [-0.4, -0.2) is 55.3 Å². The Balaban J connectivity index is 2.49.